The lowest BCUT2D eigenvalue weighted by molar-refractivity contribution is -0.144. The first-order valence-electron chi connectivity index (χ1n) is 6.81. The van der Waals surface area contributed by atoms with Crippen molar-refractivity contribution in [3.05, 3.63) is 24.0 Å². The van der Waals surface area contributed by atoms with Gasteiger partial charge in [-0.25, -0.2) is 0 Å². The highest BCUT2D eigenvalue weighted by Gasteiger charge is 2.20. The predicted octanol–water partition coefficient (Wildman–Crippen LogP) is 2.08. The van der Waals surface area contributed by atoms with Crippen LogP contribution in [0.1, 0.15) is 38.2 Å². The molecule has 0 unspecified atom stereocenters. The number of rotatable bonds is 8. The highest BCUT2D eigenvalue weighted by Crippen LogP contribution is 2.19. The van der Waals surface area contributed by atoms with Gasteiger partial charge < -0.3 is 14.6 Å². The van der Waals surface area contributed by atoms with Gasteiger partial charge in [-0.05, 0) is 30.9 Å². The zero-order valence-electron chi connectivity index (χ0n) is 11.0. The van der Waals surface area contributed by atoms with Gasteiger partial charge in [0, 0.05) is 25.0 Å². The average Bonchev–Trinajstić information content (AvgIpc) is 3.08. The number of nitrogens with one attached hydrogen (secondary N) is 1. The maximum Gasteiger partial charge on any atom is 0.325 e. The van der Waals surface area contributed by atoms with Crippen LogP contribution in [0.4, 0.5) is 0 Å². The number of carbonyl (C=O) groups excluding carboxylic acids is 1. The lowest BCUT2D eigenvalue weighted by atomic mass is 10.3. The van der Waals surface area contributed by atoms with Crippen LogP contribution in [0.2, 0.25) is 0 Å². The minimum absolute atomic E-state index is 0.152. The molecule has 1 saturated carbocycles. The molecule has 0 amide bonds. The second-order valence-electron chi connectivity index (χ2n) is 4.92. The van der Waals surface area contributed by atoms with E-state index in [2.05, 4.69) is 18.3 Å². The van der Waals surface area contributed by atoms with E-state index in [1.807, 2.05) is 17.0 Å². The summed E-state index contributed by atoms with van der Waals surface area (Å²) in [6.07, 6.45) is 8.53. The lowest BCUT2D eigenvalue weighted by Crippen LogP contribution is -2.15. The number of ether oxygens (including phenoxy) is 1. The Hall–Kier alpha value is -1.29. The maximum absolute atomic E-state index is 11.5. The van der Waals surface area contributed by atoms with Gasteiger partial charge in [0.25, 0.3) is 0 Å². The fourth-order valence-electron chi connectivity index (χ4n) is 1.77. The number of aromatic nitrogens is 1. The van der Waals surface area contributed by atoms with Crippen LogP contribution in [0.5, 0.6) is 0 Å². The third kappa shape index (κ3) is 4.53. The van der Waals surface area contributed by atoms with Crippen LogP contribution in [0.15, 0.2) is 18.5 Å². The van der Waals surface area contributed by atoms with Gasteiger partial charge in [0.05, 0.1) is 6.61 Å². The van der Waals surface area contributed by atoms with E-state index in [9.17, 15) is 4.79 Å². The highest BCUT2D eigenvalue weighted by atomic mass is 16.5. The maximum atomic E-state index is 11.5. The summed E-state index contributed by atoms with van der Waals surface area (Å²) in [5.41, 5.74) is 1.23. The predicted molar refractivity (Wildman–Crippen MR) is 70.2 cm³/mol. The Bertz CT molecular complexity index is 383. The molecule has 0 radical (unpaired) electrons. The number of nitrogens with zero attached hydrogens (tertiary/aromatic N) is 1. The van der Waals surface area contributed by atoms with Gasteiger partial charge in [-0.2, -0.15) is 0 Å². The van der Waals surface area contributed by atoms with Gasteiger partial charge in [0.15, 0.2) is 0 Å². The Morgan fingerprint density at radius 3 is 3.11 bits per heavy atom. The van der Waals surface area contributed by atoms with E-state index in [0.29, 0.717) is 19.2 Å². The summed E-state index contributed by atoms with van der Waals surface area (Å²) in [6, 6.07) is 2.77. The quantitative estimate of drug-likeness (QED) is 0.567. The standard InChI is InChI=1S/C14H22N2O2/c1-2-3-8-18-14(17)11-16-7-6-12(10-16)9-15-13-4-5-13/h6-7,10,13,15H,2-5,8-9,11H2,1H3. The first kappa shape index (κ1) is 13.1. The molecule has 0 aromatic carbocycles. The van der Waals surface area contributed by atoms with Gasteiger partial charge in [-0.1, -0.05) is 13.3 Å². The van der Waals surface area contributed by atoms with E-state index in [1.165, 1.54) is 18.4 Å². The van der Waals surface area contributed by atoms with Crippen LogP contribution in [0, 0.1) is 0 Å². The molecule has 0 spiro atoms. The fraction of sp³-hybridized carbons (Fsp3) is 0.643. The second-order valence-corrected chi connectivity index (χ2v) is 4.92. The van der Waals surface area contributed by atoms with Crippen molar-refractivity contribution in [3.8, 4) is 0 Å². The van der Waals surface area contributed by atoms with Crippen LogP contribution in [0.25, 0.3) is 0 Å². The minimum atomic E-state index is -0.152. The van der Waals surface area contributed by atoms with Crippen molar-refractivity contribution in [2.45, 2.75) is 51.7 Å². The van der Waals surface area contributed by atoms with Gasteiger partial charge in [-0.15, -0.1) is 0 Å². The molecule has 1 aliphatic rings. The number of esters is 1. The molecule has 1 fully saturated rings. The normalized spacial score (nSPS) is 14.7. The molecule has 1 aliphatic carbocycles. The molecule has 100 valence electrons. The van der Waals surface area contributed by atoms with Crippen molar-refractivity contribution in [2.24, 2.45) is 0 Å². The molecular formula is C14H22N2O2. The van der Waals surface area contributed by atoms with Crippen molar-refractivity contribution in [2.75, 3.05) is 6.61 Å². The summed E-state index contributed by atoms with van der Waals surface area (Å²) in [5, 5.41) is 3.45. The van der Waals surface area contributed by atoms with E-state index in [0.717, 1.165) is 19.4 Å². The Morgan fingerprint density at radius 2 is 2.39 bits per heavy atom. The van der Waals surface area contributed by atoms with Gasteiger partial charge in [-0.3, -0.25) is 4.79 Å². The Balaban J connectivity index is 1.69. The van der Waals surface area contributed by atoms with E-state index in [1.54, 1.807) is 0 Å². The molecule has 0 saturated heterocycles. The fourth-order valence-corrected chi connectivity index (χ4v) is 1.77. The van der Waals surface area contributed by atoms with Crippen molar-refractivity contribution < 1.29 is 9.53 Å². The summed E-state index contributed by atoms with van der Waals surface area (Å²) in [4.78, 5) is 11.5. The molecule has 2 rings (SSSR count). The molecule has 1 aromatic rings. The zero-order valence-corrected chi connectivity index (χ0v) is 11.0. The molecular weight excluding hydrogens is 228 g/mol. The van der Waals surface area contributed by atoms with Crippen molar-refractivity contribution >= 4 is 5.97 Å². The van der Waals surface area contributed by atoms with Gasteiger partial charge >= 0.3 is 5.97 Å². The van der Waals surface area contributed by atoms with E-state index < -0.39 is 0 Å². The molecule has 1 N–H and O–H groups in total. The summed E-state index contributed by atoms with van der Waals surface area (Å²) < 4.78 is 7.02. The Labute approximate surface area is 108 Å². The SMILES string of the molecule is CCCCOC(=O)Cn1ccc(CNC2CC2)c1. The third-order valence-corrected chi connectivity index (χ3v) is 3.06. The molecule has 4 nitrogen and oxygen atoms in total. The van der Waals surface area contributed by atoms with Gasteiger partial charge in [0.2, 0.25) is 0 Å². The number of hydrogen-bond acceptors (Lipinski definition) is 3. The van der Waals surface area contributed by atoms with E-state index in [-0.39, 0.29) is 5.97 Å². The molecule has 18 heavy (non-hydrogen) atoms. The summed E-state index contributed by atoms with van der Waals surface area (Å²) in [6.45, 7) is 3.82. The number of hydrogen-bond donors (Lipinski definition) is 1. The van der Waals surface area contributed by atoms with Crippen LogP contribution >= 0.6 is 0 Å². The van der Waals surface area contributed by atoms with Crippen molar-refractivity contribution in [1.82, 2.24) is 9.88 Å². The van der Waals surface area contributed by atoms with Crippen LogP contribution in [-0.2, 0) is 22.6 Å². The van der Waals surface area contributed by atoms with Crippen LogP contribution < -0.4 is 5.32 Å². The van der Waals surface area contributed by atoms with E-state index >= 15 is 0 Å². The van der Waals surface area contributed by atoms with Crippen LogP contribution in [0.3, 0.4) is 0 Å². The number of carbonyl (C=O) groups is 1. The smallest absolute Gasteiger partial charge is 0.325 e. The highest BCUT2D eigenvalue weighted by molar-refractivity contribution is 5.69. The molecule has 1 heterocycles. The molecule has 0 bridgehead atoms. The van der Waals surface area contributed by atoms with E-state index in [4.69, 9.17) is 4.74 Å². The summed E-state index contributed by atoms with van der Waals surface area (Å²) >= 11 is 0. The van der Waals surface area contributed by atoms with Crippen molar-refractivity contribution in [3.63, 3.8) is 0 Å². The minimum Gasteiger partial charge on any atom is -0.464 e. The molecule has 1 aromatic heterocycles. The topological polar surface area (TPSA) is 43.3 Å². The molecule has 0 atom stereocenters. The molecule has 0 aliphatic heterocycles. The number of unbranched alkanes of at least 4 members (excludes halogenated alkanes) is 1. The second kappa shape index (κ2) is 6.59. The largest absolute Gasteiger partial charge is 0.464 e. The first-order valence-corrected chi connectivity index (χ1v) is 6.81. The Morgan fingerprint density at radius 1 is 1.56 bits per heavy atom. The molecule has 4 heteroatoms. The Kier molecular flexibility index (Phi) is 4.81. The summed E-state index contributed by atoms with van der Waals surface area (Å²) in [7, 11) is 0. The first-order chi connectivity index (χ1) is 8.78. The average molecular weight is 250 g/mol. The van der Waals surface area contributed by atoms with Crippen molar-refractivity contribution in [1.29, 1.82) is 0 Å². The lowest BCUT2D eigenvalue weighted by Gasteiger charge is -2.04. The van der Waals surface area contributed by atoms with Crippen LogP contribution in [-0.4, -0.2) is 23.2 Å². The summed E-state index contributed by atoms with van der Waals surface area (Å²) in [5.74, 6) is -0.152. The third-order valence-electron chi connectivity index (χ3n) is 3.06. The van der Waals surface area contributed by atoms with Gasteiger partial charge in [0.1, 0.15) is 6.54 Å². The monoisotopic (exact) mass is 250 g/mol. The zero-order chi connectivity index (χ0) is 12.8.